The van der Waals surface area contributed by atoms with Gasteiger partial charge in [0, 0.05) is 4.91 Å². The molecule has 0 bridgehead atoms. The molecule has 0 radical (unpaired) electrons. The van der Waals surface area contributed by atoms with Crippen LogP contribution in [0.1, 0.15) is 13.8 Å². The molecule has 0 fully saturated rings. The first kappa shape index (κ1) is 8.63. The minimum absolute atomic E-state index is 0.372. The van der Waals surface area contributed by atoms with E-state index < -0.39 is 0 Å². The van der Waals surface area contributed by atoms with Gasteiger partial charge in [-0.3, -0.25) is 4.78 Å². The summed E-state index contributed by atoms with van der Waals surface area (Å²) in [4.78, 5) is 1.06. The summed E-state index contributed by atoms with van der Waals surface area (Å²) in [5.41, 5.74) is 1.20. The Labute approximate surface area is 59.4 Å². The second-order valence-corrected chi connectivity index (χ2v) is 3.54. The molecule has 0 aliphatic heterocycles. The smallest absolute Gasteiger partial charge is 0.0159 e. The summed E-state index contributed by atoms with van der Waals surface area (Å²) in [6.45, 7) is 7.65. The van der Waals surface area contributed by atoms with Crippen LogP contribution in [-0.2, 0) is 10.7 Å². The fourth-order valence-electron chi connectivity index (χ4n) is 0.635. The van der Waals surface area contributed by atoms with Crippen molar-refractivity contribution in [2.45, 2.75) is 13.8 Å². The Hall–Kier alpha value is -0.370. The zero-order valence-electron chi connectivity index (χ0n) is 6.19. The molecule has 0 rings (SSSR count). The van der Waals surface area contributed by atoms with E-state index in [0.717, 1.165) is 4.91 Å². The molecule has 1 atom stereocenters. The van der Waals surface area contributed by atoms with Crippen LogP contribution in [0.25, 0.3) is 0 Å². The summed E-state index contributed by atoms with van der Waals surface area (Å²) in [6.07, 6.45) is 3.65. The molecule has 0 aromatic rings. The predicted molar refractivity (Wildman–Crippen MR) is 44.6 cm³/mol. The second-order valence-electron chi connectivity index (χ2n) is 2.08. The van der Waals surface area contributed by atoms with Gasteiger partial charge in [-0.25, -0.2) is 0 Å². The van der Waals surface area contributed by atoms with E-state index in [1.165, 1.54) is 5.57 Å². The van der Waals surface area contributed by atoms with E-state index in [9.17, 15) is 0 Å². The lowest BCUT2D eigenvalue weighted by molar-refractivity contribution is 1.38. The lowest BCUT2D eigenvalue weighted by Gasteiger charge is -2.00. The van der Waals surface area contributed by atoms with Gasteiger partial charge in [-0.1, -0.05) is 28.9 Å². The Balaban J connectivity index is 4.55. The Bertz CT molecular complexity index is 164. The molecule has 0 aromatic carbocycles. The Morgan fingerprint density at radius 1 is 1.56 bits per heavy atom. The minimum Gasteiger partial charge on any atom is -0.276 e. The molecule has 0 amide bonds. The molecule has 0 aliphatic carbocycles. The van der Waals surface area contributed by atoms with Crippen LogP contribution in [0.5, 0.6) is 0 Å². The topological polar surface area (TPSA) is 23.9 Å². The molecule has 0 aliphatic rings. The molecule has 0 heterocycles. The van der Waals surface area contributed by atoms with Crippen LogP contribution in [0.4, 0.5) is 0 Å². The van der Waals surface area contributed by atoms with Gasteiger partial charge in [-0.15, -0.1) is 0 Å². The van der Waals surface area contributed by atoms with Gasteiger partial charge < -0.3 is 0 Å². The second kappa shape index (κ2) is 3.62. The molecule has 2 heteroatoms. The third kappa shape index (κ3) is 2.61. The highest BCUT2D eigenvalue weighted by atomic mass is 32.2. The number of nitrogens with one attached hydrogen (secondary N) is 1. The van der Waals surface area contributed by atoms with Gasteiger partial charge in [-0.05, 0) is 20.1 Å². The average molecular weight is 143 g/mol. The van der Waals surface area contributed by atoms with E-state index in [1.807, 2.05) is 20.1 Å². The summed E-state index contributed by atoms with van der Waals surface area (Å²) in [5, 5.41) is 0. The fraction of sp³-hybridized carbons (Fsp3) is 0.429. The van der Waals surface area contributed by atoms with Crippen molar-refractivity contribution in [1.82, 2.24) is 0 Å². The first-order valence-corrected chi connectivity index (χ1v) is 4.40. The van der Waals surface area contributed by atoms with E-state index >= 15 is 0 Å². The highest BCUT2D eigenvalue weighted by Crippen LogP contribution is 2.07. The third-order valence-corrected chi connectivity index (χ3v) is 2.24. The number of rotatable bonds is 2. The van der Waals surface area contributed by atoms with Crippen molar-refractivity contribution in [3.8, 4) is 0 Å². The van der Waals surface area contributed by atoms with Crippen LogP contribution in [0.3, 0.4) is 0 Å². The largest absolute Gasteiger partial charge is 0.276 e. The van der Waals surface area contributed by atoms with Crippen molar-refractivity contribution >= 4 is 10.7 Å². The number of hydrogen-bond acceptors (Lipinski definition) is 1. The maximum atomic E-state index is 7.36. The molecule has 0 aromatic heterocycles. The minimum atomic E-state index is -0.372. The Morgan fingerprint density at radius 3 is 2.00 bits per heavy atom. The monoisotopic (exact) mass is 143 g/mol. The van der Waals surface area contributed by atoms with Crippen molar-refractivity contribution in [2.75, 3.05) is 6.26 Å². The lowest BCUT2D eigenvalue weighted by atomic mass is 10.3. The molecule has 0 saturated carbocycles. The van der Waals surface area contributed by atoms with Crippen molar-refractivity contribution in [1.29, 1.82) is 4.78 Å². The molecule has 1 unspecified atom stereocenters. The molecule has 9 heavy (non-hydrogen) atoms. The standard InChI is InChI=1S/C7H13NS/c1-5-7(6(2)3)9(4)8/h5,8H,1H2,2-4H3. The van der Waals surface area contributed by atoms with Crippen LogP contribution in [0.15, 0.2) is 23.1 Å². The number of allylic oxidation sites excluding steroid dienone is 2. The highest BCUT2D eigenvalue weighted by Gasteiger charge is 1.92. The highest BCUT2D eigenvalue weighted by molar-refractivity contribution is 7.89. The van der Waals surface area contributed by atoms with Gasteiger partial charge >= 0.3 is 0 Å². The quantitative estimate of drug-likeness (QED) is 0.574. The van der Waals surface area contributed by atoms with Crippen LogP contribution in [0, 0.1) is 4.78 Å². The predicted octanol–water partition coefficient (Wildman–Crippen LogP) is 2.48. The van der Waals surface area contributed by atoms with Crippen LogP contribution < -0.4 is 0 Å². The van der Waals surface area contributed by atoms with Gasteiger partial charge in [0.05, 0.1) is 0 Å². The molecule has 52 valence electrons. The summed E-state index contributed by atoms with van der Waals surface area (Å²) in [7, 11) is -0.372. The first-order chi connectivity index (χ1) is 4.09. The van der Waals surface area contributed by atoms with E-state index in [-0.39, 0.29) is 10.7 Å². The molecule has 1 nitrogen and oxygen atoms in total. The normalized spacial score (nSPS) is 12.3. The maximum absolute atomic E-state index is 7.36. The van der Waals surface area contributed by atoms with Gasteiger partial charge in [0.15, 0.2) is 0 Å². The van der Waals surface area contributed by atoms with Crippen molar-refractivity contribution in [3.05, 3.63) is 23.1 Å². The number of hydrogen-bond donors (Lipinski definition) is 1. The maximum Gasteiger partial charge on any atom is 0.0159 e. The van der Waals surface area contributed by atoms with Crippen molar-refractivity contribution in [2.24, 2.45) is 0 Å². The zero-order valence-corrected chi connectivity index (χ0v) is 7.01. The third-order valence-electron chi connectivity index (χ3n) is 1.01. The Kier molecular flexibility index (Phi) is 3.47. The van der Waals surface area contributed by atoms with Crippen LogP contribution in [-0.4, -0.2) is 6.26 Å². The first-order valence-electron chi connectivity index (χ1n) is 2.76. The molecule has 0 saturated heterocycles. The summed E-state index contributed by atoms with van der Waals surface area (Å²) >= 11 is 0. The summed E-state index contributed by atoms with van der Waals surface area (Å²) in [5.74, 6) is 0. The fourth-order valence-corrected chi connectivity index (χ4v) is 1.50. The summed E-state index contributed by atoms with van der Waals surface area (Å²) < 4.78 is 7.36. The molecular formula is C7H13NS. The Morgan fingerprint density at radius 2 is 2.00 bits per heavy atom. The van der Waals surface area contributed by atoms with Crippen LogP contribution in [0.2, 0.25) is 0 Å². The molecule has 1 N–H and O–H groups in total. The van der Waals surface area contributed by atoms with Gasteiger partial charge in [0.2, 0.25) is 0 Å². The van der Waals surface area contributed by atoms with Gasteiger partial charge in [0.1, 0.15) is 0 Å². The van der Waals surface area contributed by atoms with Crippen molar-refractivity contribution < 1.29 is 0 Å². The van der Waals surface area contributed by atoms with Gasteiger partial charge in [-0.2, -0.15) is 0 Å². The van der Waals surface area contributed by atoms with E-state index in [4.69, 9.17) is 4.78 Å². The SMILES string of the molecule is C=CC(=C(C)C)S(C)=N. The van der Waals surface area contributed by atoms with E-state index in [0.29, 0.717) is 0 Å². The van der Waals surface area contributed by atoms with E-state index in [1.54, 1.807) is 6.08 Å². The van der Waals surface area contributed by atoms with E-state index in [2.05, 4.69) is 6.58 Å². The molecule has 0 spiro atoms. The van der Waals surface area contributed by atoms with Crippen molar-refractivity contribution in [3.63, 3.8) is 0 Å². The van der Waals surface area contributed by atoms with Gasteiger partial charge in [0.25, 0.3) is 0 Å². The average Bonchev–Trinajstić information content (AvgIpc) is 1.64. The lowest BCUT2D eigenvalue weighted by Crippen LogP contribution is -1.87. The molecular weight excluding hydrogens is 130 g/mol. The summed E-state index contributed by atoms with van der Waals surface area (Å²) in [6, 6.07) is 0. The van der Waals surface area contributed by atoms with Crippen LogP contribution >= 0.6 is 0 Å². The zero-order chi connectivity index (χ0) is 7.44.